The van der Waals surface area contributed by atoms with Gasteiger partial charge in [0.1, 0.15) is 5.82 Å². The van der Waals surface area contributed by atoms with Crippen LogP contribution in [0, 0.1) is 12.7 Å². The highest BCUT2D eigenvalue weighted by Crippen LogP contribution is 2.27. The lowest BCUT2D eigenvalue weighted by atomic mass is 9.98. The maximum atomic E-state index is 13.6. The van der Waals surface area contributed by atoms with Gasteiger partial charge in [0.05, 0.1) is 13.2 Å². The molecule has 0 saturated carbocycles. The maximum Gasteiger partial charge on any atom is 0.123 e. The second-order valence-corrected chi connectivity index (χ2v) is 7.78. The Kier molecular flexibility index (Phi) is 5.57. The molecular weight excluding hydrogens is 329 g/mol. The predicted molar refractivity (Wildman–Crippen MR) is 103 cm³/mol. The molecule has 1 N–H and O–H groups in total. The number of halogens is 1. The van der Waals surface area contributed by atoms with E-state index in [0.29, 0.717) is 6.04 Å². The minimum Gasteiger partial charge on any atom is -0.379 e. The summed E-state index contributed by atoms with van der Waals surface area (Å²) in [5.74, 6) is -0.160. The van der Waals surface area contributed by atoms with Gasteiger partial charge in [-0.15, -0.1) is 0 Å². The number of H-pyrrole nitrogens is 1. The molecule has 2 fully saturated rings. The van der Waals surface area contributed by atoms with Crippen molar-refractivity contribution in [1.29, 1.82) is 0 Å². The van der Waals surface area contributed by atoms with Gasteiger partial charge in [-0.2, -0.15) is 0 Å². The fraction of sp³-hybridized carbons (Fsp3) is 0.619. The molecule has 4 nitrogen and oxygen atoms in total. The van der Waals surface area contributed by atoms with Crippen molar-refractivity contribution in [3.05, 3.63) is 35.3 Å². The van der Waals surface area contributed by atoms with Gasteiger partial charge in [0.2, 0.25) is 0 Å². The number of nitrogens with one attached hydrogen (secondary N) is 1. The van der Waals surface area contributed by atoms with E-state index >= 15 is 0 Å². The molecule has 26 heavy (non-hydrogen) atoms. The summed E-state index contributed by atoms with van der Waals surface area (Å²) in [5, 5.41) is 1.02. The average Bonchev–Trinajstić information content (AvgIpc) is 2.97. The zero-order chi connectivity index (χ0) is 17.9. The number of aromatic amines is 1. The second kappa shape index (κ2) is 8.07. The van der Waals surface area contributed by atoms with Crippen molar-refractivity contribution in [3.8, 4) is 0 Å². The van der Waals surface area contributed by atoms with Crippen LogP contribution in [-0.2, 0) is 11.3 Å². The minimum atomic E-state index is -0.160. The third kappa shape index (κ3) is 3.95. The van der Waals surface area contributed by atoms with E-state index in [1.54, 1.807) is 6.07 Å². The van der Waals surface area contributed by atoms with Crippen LogP contribution >= 0.6 is 0 Å². The number of ether oxygens (including phenoxy) is 1. The number of hydrogen-bond donors (Lipinski definition) is 1. The van der Waals surface area contributed by atoms with E-state index in [0.717, 1.165) is 50.3 Å². The van der Waals surface area contributed by atoms with E-state index in [1.165, 1.54) is 49.6 Å². The molecule has 0 spiro atoms. The molecule has 0 unspecified atom stereocenters. The van der Waals surface area contributed by atoms with Crippen molar-refractivity contribution in [2.45, 2.75) is 45.2 Å². The topological polar surface area (TPSA) is 31.5 Å². The summed E-state index contributed by atoms with van der Waals surface area (Å²) in [5.41, 5.74) is 3.47. The van der Waals surface area contributed by atoms with Crippen LogP contribution in [0.2, 0.25) is 0 Å². The summed E-state index contributed by atoms with van der Waals surface area (Å²) in [4.78, 5) is 8.70. The van der Waals surface area contributed by atoms with Crippen LogP contribution in [0.15, 0.2) is 18.2 Å². The van der Waals surface area contributed by atoms with Crippen molar-refractivity contribution in [2.24, 2.45) is 0 Å². The largest absolute Gasteiger partial charge is 0.379 e. The van der Waals surface area contributed by atoms with E-state index in [4.69, 9.17) is 4.74 Å². The van der Waals surface area contributed by atoms with Gasteiger partial charge in [0.15, 0.2) is 0 Å². The Morgan fingerprint density at radius 3 is 2.88 bits per heavy atom. The van der Waals surface area contributed by atoms with Crippen molar-refractivity contribution in [3.63, 3.8) is 0 Å². The van der Waals surface area contributed by atoms with E-state index in [9.17, 15) is 4.39 Å². The molecule has 4 rings (SSSR count). The van der Waals surface area contributed by atoms with Crippen LogP contribution in [0.1, 0.15) is 36.9 Å². The summed E-state index contributed by atoms with van der Waals surface area (Å²) < 4.78 is 19.0. The first kappa shape index (κ1) is 18.0. The number of morpholine rings is 1. The normalized spacial score (nSPS) is 22.9. The fourth-order valence-electron chi connectivity index (χ4n) is 4.47. The van der Waals surface area contributed by atoms with Crippen molar-refractivity contribution in [1.82, 2.24) is 14.8 Å². The van der Waals surface area contributed by atoms with E-state index in [2.05, 4.69) is 21.7 Å². The fourth-order valence-corrected chi connectivity index (χ4v) is 4.47. The third-order valence-corrected chi connectivity index (χ3v) is 6.12. The Morgan fingerprint density at radius 1 is 1.19 bits per heavy atom. The molecule has 1 aromatic heterocycles. The standard InChI is InChI=1S/C21H30FN3O/c1-16-19-14-17(22)5-6-20(19)23-21(16)15-25-8-3-2-4-18(25)7-9-24-10-12-26-13-11-24/h5-6,14,18,23H,2-4,7-13,15H2,1H3/t18-/m0/s1. The Balaban J connectivity index is 1.44. The quantitative estimate of drug-likeness (QED) is 0.883. The molecule has 0 radical (unpaired) electrons. The molecule has 2 aliphatic heterocycles. The Bertz CT molecular complexity index is 738. The van der Waals surface area contributed by atoms with Crippen LogP contribution in [0.5, 0.6) is 0 Å². The van der Waals surface area contributed by atoms with E-state index in [-0.39, 0.29) is 5.82 Å². The van der Waals surface area contributed by atoms with Gasteiger partial charge in [-0.3, -0.25) is 9.80 Å². The summed E-state index contributed by atoms with van der Waals surface area (Å²) in [6, 6.07) is 5.69. The zero-order valence-corrected chi connectivity index (χ0v) is 15.8. The smallest absolute Gasteiger partial charge is 0.123 e. The minimum absolute atomic E-state index is 0.160. The van der Waals surface area contributed by atoms with E-state index in [1.807, 2.05) is 6.07 Å². The highest BCUT2D eigenvalue weighted by atomic mass is 19.1. The van der Waals surface area contributed by atoms with Crippen LogP contribution < -0.4 is 0 Å². The number of fused-ring (bicyclic) bond motifs is 1. The molecule has 5 heteroatoms. The van der Waals surface area contributed by atoms with Gasteiger partial charge in [0, 0.05) is 42.3 Å². The number of benzene rings is 1. The number of nitrogens with zero attached hydrogens (tertiary/aromatic N) is 2. The number of likely N-dealkylation sites (tertiary alicyclic amines) is 1. The molecule has 0 amide bonds. The summed E-state index contributed by atoms with van der Waals surface area (Å²) in [6.45, 7) is 9.27. The lowest BCUT2D eigenvalue weighted by molar-refractivity contribution is 0.0301. The predicted octanol–water partition coefficient (Wildman–Crippen LogP) is 3.69. The van der Waals surface area contributed by atoms with Gasteiger partial charge in [-0.05, 0) is 63.0 Å². The monoisotopic (exact) mass is 359 g/mol. The number of aromatic nitrogens is 1. The molecule has 2 aromatic rings. The first-order chi connectivity index (χ1) is 12.7. The van der Waals surface area contributed by atoms with Crippen molar-refractivity contribution >= 4 is 10.9 Å². The first-order valence-corrected chi connectivity index (χ1v) is 10.0. The van der Waals surface area contributed by atoms with Crippen LogP contribution in [0.3, 0.4) is 0 Å². The number of aryl methyl sites for hydroxylation is 1. The molecule has 142 valence electrons. The molecule has 2 aliphatic rings. The molecule has 3 heterocycles. The van der Waals surface area contributed by atoms with Gasteiger partial charge in [-0.25, -0.2) is 4.39 Å². The van der Waals surface area contributed by atoms with Crippen LogP contribution in [-0.4, -0.2) is 60.2 Å². The number of hydrogen-bond acceptors (Lipinski definition) is 3. The Labute approximate surface area is 155 Å². The highest BCUT2D eigenvalue weighted by molar-refractivity contribution is 5.84. The molecule has 2 saturated heterocycles. The Hall–Kier alpha value is -1.43. The molecule has 1 atom stereocenters. The van der Waals surface area contributed by atoms with Gasteiger partial charge < -0.3 is 9.72 Å². The summed E-state index contributed by atoms with van der Waals surface area (Å²) in [7, 11) is 0. The molecule has 0 bridgehead atoms. The third-order valence-electron chi connectivity index (χ3n) is 6.12. The van der Waals surface area contributed by atoms with Crippen LogP contribution in [0.4, 0.5) is 4.39 Å². The number of piperidine rings is 1. The summed E-state index contributed by atoms with van der Waals surface area (Å²) >= 11 is 0. The van der Waals surface area contributed by atoms with Gasteiger partial charge in [-0.1, -0.05) is 6.42 Å². The number of rotatable bonds is 5. The summed E-state index contributed by atoms with van der Waals surface area (Å²) in [6.07, 6.45) is 5.13. The van der Waals surface area contributed by atoms with Gasteiger partial charge >= 0.3 is 0 Å². The van der Waals surface area contributed by atoms with Crippen LogP contribution in [0.25, 0.3) is 10.9 Å². The SMILES string of the molecule is Cc1c(CN2CCCC[C@H]2CCN2CCOCC2)[nH]c2ccc(F)cc12. The lowest BCUT2D eigenvalue weighted by Gasteiger charge is -2.37. The zero-order valence-electron chi connectivity index (χ0n) is 15.8. The van der Waals surface area contributed by atoms with Crippen molar-refractivity contribution < 1.29 is 9.13 Å². The average molecular weight is 359 g/mol. The lowest BCUT2D eigenvalue weighted by Crippen LogP contribution is -2.43. The van der Waals surface area contributed by atoms with Gasteiger partial charge in [0.25, 0.3) is 0 Å². The highest BCUT2D eigenvalue weighted by Gasteiger charge is 2.24. The molecule has 1 aromatic carbocycles. The molecule has 0 aliphatic carbocycles. The molecular formula is C21H30FN3O. The first-order valence-electron chi connectivity index (χ1n) is 10.0. The van der Waals surface area contributed by atoms with E-state index < -0.39 is 0 Å². The van der Waals surface area contributed by atoms with Crippen molar-refractivity contribution in [2.75, 3.05) is 39.4 Å². The Morgan fingerprint density at radius 2 is 2.04 bits per heavy atom. The maximum absolute atomic E-state index is 13.6. The second-order valence-electron chi connectivity index (χ2n) is 7.78.